The van der Waals surface area contributed by atoms with Crippen LogP contribution in [0.5, 0.6) is 0 Å². The summed E-state index contributed by atoms with van der Waals surface area (Å²) in [5, 5.41) is 3.32. The molecule has 0 aromatic heterocycles. The van der Waals surface area contributed by atoms with Crippen molar-refractivity contribution in [1.82, 2.24) is 0 Å². The van der Waals surface area contributed by atoms with Gasteiger partial charge >= 0.3 is 0 Å². The third-order valence-electron chi connectivity index (χ3n) is 5.78. The summed E-state index contributed by atoms with van der Waals surface area (Å²) >= 11 is 0. The summed E-state index contributed by atoms with van der Waals surface area (Å²) in [6.45, 7) is 6.33. The number of anilines is 4. The van der Waals surface area contributed by atoms with Crippen molar-refractivity contribution < 1.29 is 9.59 Å². The van der Waals surface area contributed by atoms with Crippen LogP contribution in [0.3, 0.4) is 0 Å². The zero-order valence-electron chi connectivity index (χ0n) is 17.9. The Balaban J connectivity index is 1.67. The second kappa shape index (κ2) is 8.64. The number of ketones is 2. The average Bonchev–Trinajstić information content (AvgIpc) is 2.80. The van der Waals surface area contributed by atoms with E-state index in [1.165, 1.54) is 5.69 Å². The maximum atomic E-state index is 13.2. The zero-order chi connectivity index (χ0) is 22.0. The molecule has 1 aliphatic carbocycles. The molecule has 158 valence electrons. The molecule has 0 amide bonds. The molecular weight excluding hydrogens is 386 g/mol. The van der Waals surface area contributed by atoms with Crippen molar-refractivity contribution in [2.45, 2.75) is 26.7 Å². The van der Waals surface area contributed by atoms with Crippen LogP contribution in [0, 0.1) is 0 Å². The maximum absolute atomic E-state index is 13.2. The summed E-state index contributed by atoms with van der Waals surface area (Å²) in [4.78, 5) is 28.6. The normalized spacial score (nSPS) is 12.3. The number of fused-ring (bicyclic) bond motifs is 2. The molecule has 0 radical (unpaired) electrons. The molecule has 5 heteroatoms. The Bertz CT molecular complexity index is 1140. The van der Waals surface area contributed by atoms with Gasteiger partial charge in [-0.15, -0.1) is 0 Å². The van der Waals surface area contributed by atoms with Crippen molar-refractivity contribution in [2.75, 3.05) is 29.0 Å². The van der Waals surface area contributed by atoms with E-state index in [-0.39, 0.29) is 17.1 Å². The number of hydrogen-bond donors (Lipinski definition) is 2. The van der Waals surface area contributed by atoms with Crippen LogP contribution in [0.15, 0.2) is 60.7 Å². The summed E-state index contributed by atoms with van der Waals surface area (Å²) in [6, 6.07) is 18.5. The fraction of sp³-hybridized carbons (Fsp3) is 0.231. The van der Waals surface area contributed by atoms with E-state index in [1.807, 2.05) is 12.1 Å². The van der Waals surface area contributed by atoms with Gasteiger partial charge in [-0.25, -0.2) is 0 Å². The van der Waals surface area contributed by atoms with E-state index in [4.69, 9.17) is 5.73 Å². The van der Waals surface area contributed by atoms with E-state index in [0.29, 0.717) is 28.1 Å². The van der Waals surface area contributed by atoms with Crippen LogP contribution in [0.2, 0.25) is 0 Å². The van der Waals surface area contributed by atoms with Gasteiger partial charge in [0.25, 0.3) is 0 Å². The molecule has 0 fully saturated rings. The number of carbonyl (C=O) groups excluding carboxylic acids is 2. The lowest BCUT2D eigenvalue weighted by molar-refractivity contribution is 0.0980. The van der Waals surface area contributed by atoms with Crippen molar-refractivity contribution in [3.8, 4) is 0 Å². The van der Waals surface area contributed by atoms with Crippen LogP contribution in [0.1, 0.15) is 58.5 Å². The zero-order valence-corrected chi connectivity index (χ0v) is 17.9. The highest BCUT2D eigenvalue weighted by Gasteiger charge is 2.33. The minimum atomic E-state index is -0.212. The standard InChI is InChI=1S/C26H27N3O2/c1-3-5-16-29(4-2)18-12-10-17(11-13-18)28-22-15-14-21(27)23-24(22)26(31)20-9-7-6-8-19(20)25(23)30/h6-15,28H,3-5,16,27H2,1-2H3. The number of hydrogen-bond acceptors (Lipinski definition) is 5. The quantitative estimate of drug-likeness (QED) is 0.396. The molecule has 3 N–H and O–H groups in total. The largest absolute Gasteiger partial charge is 0.398 e. The molecule has 0 bridgehead atoms. The molecule has 0 saturated heterocycles. The van der Waals surface area contributed by atoms with E-state index in [0.717, 1.165) is 31.6 Å². The van der Waals surface area contributed by atoms with E-state index < -0.39 is 0 Å². The van der Waals surface area contributed by atoms with Crippen LogP contribution in [-0.2, 0) is 0 Å². The van der Waals surface area contributed by atoms with E-state index in [1.54, 1.807) is 36.4 Å². The van der Waals surface area contributed by atoms with Gasteiger partial charge in [-0.2, -0.15) is 0 Å². The first kappa shape index (κ1) is 20.7. The van der Waals surface area contributed by atoms with Gasteiger partial charge < -0.3 is 16.0 Å². The molecule has 4 rings (SSSR count). The molecular formula is C26H27N3O2. The highest BCUT2D eigenvalue weighted by atomic mass is 16.1. The first-order chi connectivity index (χ1) is 15.0. The Morgan fingerprint density at radius 1 is 0.839 bits per heavy atom. The summed E-state index contributed by atoms with van der Waals surface area (Å²) in [5.41, 5.74) is 10.5. The van der Waals surface area contributed by atoms with Crippen molar-refractivity contribution >= 4 is 34.3 Å². The second-order valence-corrected chi connectivity index (χ2v) is 7.76. The van der Waals surface area contributed by atoms with Gasteiger partial charge in [0, 0.05) is 41.3 Å². The first-order valence-corrected chi connectivity index (χ1v) is 10.8. The SMILES string of the molecule is CCCCN(CC)c1ccc(Nc2ccc(N)c3c2C(=O)c2ccccc2C3=O)cc1. The van der Waals surface area contributed by atoms with Crippen LogP contribution in [0.25, 0.3) is 0 Å². The smallest absolute Gasteiger partial charge is 0.196 e. The van der Waals surface area contributed by atoms with Gasteiger partial charge in [-0.3, -0.25) is 9.59 Å². The number of nitrogens with zero attached hydrogens (tertiary/aromatic N) is 1. The predicted octanol–water partition coefficient (Wildman–Crippen LogP) is 5.41. The summed E-state index contributed by atoms with van der Waals surface area (Å²) in [5.74, 6) is -0.399. The molecule has 0 saturated carbocycles. The lowest BCUT2D eigenvalue weighted by Crippen LogP contribution is -2.24. The van der Waals surface area contributed by atoms with Gasteiger partial charge in [0.1, 0.15) is 0 Å². The summed E-state index contributed by atoms with van der Waals surface area (Å²) in [7, 11) is 0. The number of nitrogens with one attached hydrogen (secondary N) is 1. The Hall–Kier alpha value is -3.60. The third-order valence-corrected chi connectivity index (χ3v) is 5.78. The van der Waals surface area contributed by atoms with Gasteiger partial charge in [-0.1, -0.05) is 37.6 Å². The van der Waals surface area contributed by atoms with Gasteiger partial charge in [0.05, 0.1) is 16.8 Å². The number of nitrogens with two attached hydrogens (primary N) is 1. The molecule has 0 spiro atoms. The van der Waals surface area contributed by atoms with E-state index in [2.05, 4.69) is 36.2 Å². The van der Waals surface area contributed by atoms with Gasteiger partial charge in [0.15, 0.2) is 11.6 Å². The molecule has 5 nitrogen and oxygen atoms in total. The van der Waals surface area contributed by atoms with Gasteiger partial charge in [0.2, 0.25) is 0 Å². The van der Waals surface area contributed by atoms with Gasteiger partial charge in [-0.05, 0) is 49.7 Å². The van der Waals surface area contributed by atoms with Crippen LogP contribution in [0.4, 0.5) is 22.7 Å². The molecule has 0 heterocycles. The fourth-order valence-corrected chi connectivity index (χ4v) is 4.08. The number of carbonyl (C=O) groups is 2. The van der Waals surface area contributed by atoms with Crippen molar-refractivity contribution in [3.05, 3.63) is 82.9 Å². The van der Waals surface area contributed by atoms with Crippen molar-refractivity contribution in [1.29, 1.82) is 0 Å². The Morgan fingerprint density at radius 3 is 2.10 bits per heavy atom. The van der Waals surface area contributed by atoms with Crippen LogP contribution >= 0.6 is 0 Å². The van der Waals surface area contributed by atoms with Crippen LogP contribution in [-0.4, -0.2) is 24.7 Å². The highest BCUT2D eigenvalue weighted by molar-refractivity contribution is 6.31. The lowest BCUT2D eigenvalue weighted by atomic mass is 9.82. The van der Waals surface area contributed by atoms with Crippen molar-refractivity contribution in [3.63, 3.8) is 0 Å². The minimum absolute atomic E-state index is 0.187. The number of rotatable bonds is 7. The molecule has 3 aromatic rings. The van der Waals surface area contributed by atoms with E-state index in [9.17, 15) is 9.59 Å². The highest BCUT2D eigenvalue weighted by Crippen LogP contribution is 2.36. The molecule has 31 heavy (non-hydrogen) atoms. The Morgan fingerprint density at radius 2 is 1.48 bits per heavy atom. The monoisotopic (exact) mass is 413 g/mol. The van der Waals surface area contributed by atoms with Crippen LogP contribution < -0.4 is 16.0 Å². The average molecular weight is 414 g/mol. The minimum Gasteiger partial charge on any atom is -0.398 e. The number of nitrogen functional groups attached to an aromatic ring is 1. The molecule has 0 aliphatic heterocycles. The Kier molecular flexibility index (Phi) is 5.76. The number of benzene rings is 3. The summed E-state index contributed by atoms with van der Waals surface area (Å²) in [6.07, 6.45) is 2.32. The maximum Gasteiger partial charge on any atom is 0.196 e. The third kappa shape index (κ3) is 3.79. The molecule has 3 aromatic carbocycles. The predicted molar refractivity (Wildman–Crippen MR) is 127 cm³/mol. The Labute approximate surface area is 182 Å². The van der Waals surface area contributed by atoms with E-state index >= 15 is 0 Å². The summed E-state index contributed by atoms with van der Waals surface area (Å²) < 4.78 is 0. The second-order valence-electron chi connectivity index (χ2n) is 7.76. The molecule has 0 atom stereocenters. The van der Waals surface area contributed by atoms with Crippen molar-refractivity contribution in [2.24, 2.45) is 0 Å². The fourth-order valence-electron chi connectivity index (χ4n) is 4.08. The first-order valence-electron chi connectivity index (χ1n) is 10.8. The lowest BCUT2D eigenvalue weighted by Gasteiger charge is -2.24. The molecule has 0 unspecified atom stereocenters. The topological polar surface area (TPSA) is 75.4 Å². The molecule has 1 aliphatic rings. The number of unbranched alkanes of at least 4 members (excludes halogenated alkanes) is 1.